The summed E-state index contributed by atoms with van der Waals surface area (Å²) in [6, 6.07) is 13.4. The Morgan fingerprint density at radius 3 is 2.12 bits per heavy atom. The Kier molecular flexibility index (Phi) is 12.2. The molecule has 57 heavy (non-hydrogen) atoms. The van der Waals surface area contributed by atoms with Crippen molar-refractivity contribution < 1.29 is 29.0 Å². The Morgan fingerprint density at radius 2 is 1.53 bits per heavy atom. The fraction of sp³-hybridized carbons (Fsp3) is 0.452. The number of carboxylic acid groups (broad SMARTS) is 1. The van der Waals surface area contributed by atoms with Gasteiger partial charge in [0, 0.05) is 36.8 Å². The van der Waals surface area contributed by atoms with Crippen LogP contribution in [0, 0.1) is 35.0 Å². The van der Waals surface area contributed by atoms with Crippen LogP contribution in [0.1, 0.15) is 93.9 Å². The lowest BCUT2D eigenvalue weighted by molar-refractivity contribution is -0.138. The van der Waals surface area contributed by atoms with Gasteiger partial charge in [0.2, 0.25) is 11.8 Å². The predicted molar refractivity (Wildman–Crippen MR) is 211 cm³/mol. The highest BCUT2D eigenvalue weighted by Gasteiger charge is 2.40. The van der Waals surface area contributed by atoms with Gasteiger partial charge in [-0.05, 0) is 67.9 Å². The van der Waals surface area contributed by atoms with E-state index in [1.807, 2.05) is 70.2 Å². The Bertz CT molecular complexity index is 2240. The number of aromatic amines is 2. The largest absolute Gasteiger partial charge is 0.465 e. The smallest absolute Gasteiger partial charge is 0.407 e. The number of amides is 4. The number of likely N-dealkylation sites (tertiary alicyclic amines) is 2. The van der Waals surface area contributed by atoms with E-state index < -0.39 is 24.3 Å². The van der Waals surface area contributed by atoms with Crippen molar-refractivity contribution in [3.8, 4) is 29.2 Å². The molecule has 4 amide bonds. The van der Waals surface area contributed by atoms with E-state index in [-0.39, 0.29) is 42.2 Å². The third-order valence-electron chi connectivity index (χ3n) is 10.8. The average molecular weight is 776 g/mol. The first-order valence-electron chi connectivity index (χ1n) is 19.3. The van der Waals surface area contributed by atoms with Crippen molar-refractivity contribution in [2.75, 3.05) is 27.2 Å². The first-order valence-corrected chi connectivity index (χ1v) is 19.3. The molecule has 0 spiro atoms. The van der Waals surface area contributed by atoms with Crippen LogP contribution in [0.4, 0.5) is 9.59 Å². The minimum atomic E-state index is -1.16. The third-order valence-corrected chi connectivity index (χ3v) is 10.8. The molecule has 2 saturated heterocycles. The van der Waals surface area contributed by atoms with E-state index in [1.165, 1.54) is 14.2 Å². The van der Waals surface area contributed by atoms with Gasteiger partial charge >= 0.3 is 12.2 Å². The lowest BCUT2D eigenvalue weighted by Gasteiger charge is -2.33. The number of rotatable bonds is 10. The number of ether oxygens (including phenoxy) is 1. The van der Waals surface area contributed by atoms with E-state index >= 15 is 0 Å². The van der Waals surface area contributed by atoms with Crippen LogP contribution in [0.3, 0.4) is 0 Å². The summed E-state index contributed by atoms with van der Waals surface area (Å²) in [6.45, 7) is 8.49. The molecule has 4 N–H and O–H groups in total. The van der Waals surface area contributed by atoms with Crippen LogP contribution in [0.25, 0.3) is 22.3 Å². The molecule has 15 nitrogen and oxygen atoms in total. The summed E-state index contributed by atoms with van der Waals surface area (Å²) < 4.78 is 4.75. The number of nitrogens with zero attached hydrogens (tertiary/aromatic N) is 6. The van der Waals surface area contributed by atoms with Crippen LogP contribution in [-0.2, 0) is 20.7 Å². The van der Waals surface area contributed by atoms with Gasteiger partial charge in [-0.3, -0.25) is 14.5 Å². The van der Waals surface area contributed by atoms with Crippen LogP contribution in [0.5, 0.6) is 0 Å². The Morgan fingerprint density at radius 1 is 0.912 bits per heavy atom. The molecule has 0 aliphatic carbocycles. The highest BCUT2D eigenvalue weighted by molar-refractivity contribution is 5.87. The van der Waals surface area contributed by atoms with Crippen molar-refractivity contribution in [2.24, 2.45) is 11.8 Å². The maximum absolute atomic E-state index is 13.7. The van der Waals surface area contributed by atoms with Gasteiger partial charge in [-0.25, -0.2) is 19.6 Å². The second-order valence-electron chi connectivity index (χ2n) is 15.3. The van der Waals surface area contributed by atoms with Crippen molar-refractivity contribution in [3.05, 3.63) is 70.9 Å². The third kappa shape index (κ3) is 8.58. The number of alkyl carbamates (subject to hydrolysis) is 1. The summed E-state index contributed by atoms with van der Waals surface area (Å²) in [5, 5.41) is 21.9. The fourth-order valence-electron chi connectivity index (χ4n) is 7.85. The van der Waals surface area contributed by atoms with Gasteiger partial charge in [0.05, 0.1) is 54.1 Å². The Balaban J connectivity index is 1.18. The van der Waals surface area contributed by atoms with E-state index in [9.17, 15) is 29.5 Å². The second-order valence-corrected chi connectivity index (χ2v) is 15.3. The van der Waals surface area contributed by atoms with Gasteiger partial charge in [0.15, 0.2) is 0 Å². The van der Waals surface area contributed by atoms with Crippen LogP contribution in [0.15, 0.2) is 42.5 Å². The highest BCUT2D eigenvalue weighted by Crippen LogP contribution is 2.35. The summed E-state index contributed by atoms with van der Waals surface area (Å²) >= 11 is 0. The highest BCUT2D eigenvalue weighted by atomic mass is 16.5. The lowest BCUT2D eigenvalue weighted by Crippen LogP contribution is -2.51. The quantitative estimate of drug-likeness (QED) is 0.145. The molecule has 4 atom stereocenters. The number of hydrogen-bond acceptors (Lipinski definition) is 8. The molecule has 4 aromatic rings. The van der Waals surface area contributed by atoms with Crippen molar-refractivity contribution in [1.82, 2.24) is 40.0 Å². The SMILES string of the molecule is COC(=O)N[C@H](C(=O)N1CCCC1c1nc2ccc(C#Cc3ccc(-c4nc([C@@H]5CCCN5C(=O)[C@H](C(C)C)N(C)C(=O)O)[nH]c4CC#N)cc3)cc2[nH]1)C(C)C. The molecule has 0 saturated carbocycles. The van der Waals surface area contributed by atoms with Crippen LogP contribution < -0.4 is 5.32 Å². The number of nitriles is 1. The van der Waals surface area contributed by atoms with Crippen LogP contribution in [0.2, 0.25) is 0 Å². The second kappa shape index (κ2) is 17.2. The molecule has 0 radical (unpaired) electrons. The summed E-state index contributed by atoms with van der Waals surface area (Å²) in [5.41, 5.74) is 5.17. The summed E-state index contributed by atoms with van der Waals surface area (Å²) in [4.78, 5) is 72.0. The number of benzene rings is 2. The number of aromatic nitrogens is 4. The van der Waals surface area contributed by atoms with Crippen LogP contribution >= 0.6 is 0 Å². The molecule has 2 fully saturated rings. The van der Waals surface area contributed by atoms with Crippen molar-refractivity contribution in [1.29, 1.82) is 5.26 Å². The number of likely N-dealkylation sites (N-methyl/N-ethyl adjacent to an activating group) is 1. The number of hydrogen-bond donors (Lipinski definition) is 4. The molecule has 1 unspecified atom stereocenters. The number of H-pyrrole nitrogens is 2. The number of carbonyl (C=O) groups is 4. The van der Waals surface area contributed by atoms with E-state index in [2.05, 4.69) is 33.2 Å². The van der Waals surface area contributed by atoms with E-state index in [1.54, 1.807) is 9.80 Å². The molecule has 4 heterocycles. The summed E-state index contributed by atoms with van der Waals surface area (Å²) in [5.74, 6) is 6.94. The monoisotopic (exact) mass is 775 g/mol. The zero-order valence-corrected chi connectivity index (χ0v) is 33.1. The first-order chi connectivity index (χ1) is 27.3. The molecular formula is C42H49N9O6. The normalized spacial score (nSPS) is 17.6. The van der Waals surface area contributed by atoms with Crippen LogP contribution in [-0.4, -0.2) is 103 Å². The minimum Gasteiger partial charge on any atom is -0.465 e. The summed E-state index contributed by atoms with van der Waals surface area (Å²) in [7, 11) is 2.69. The van der Waals surface area contributed by atoms with Crippen molar-refractivity contribution >= 4 is 35.0 Å². The first kappa shape index (κ1) is 40.3. The average Bonchev–Trinajstić information content (AvgIpc) is 4.01. The van der Waals surface area contributed by atoms with Crippen molar-refractivity contribution in [3.63, 3.8) is 0 Å². The van der Waals surface area contributed by atoms with Gasteiger partial charge < -0.3 is 34.9 Å². The van der Waals surface area contributed by atoms with E-state index in [0.29, 0.717) is 42.5 Å². The van der Waals surface area contributed by atoms with E-state index in [4.69, 9.17) is 14.7 Å². The maximum Gasteiger partial charge on any atom is 0.407 e. The van der Waals surface area contributed by atoms with Gasteiger partial charge in [0.1, 0.15) is 23.7 Å². The molecule has 15 heteroatoms. The Hall–Kier alpha value is -6.35. The maximum atomic E-state index is 13.7. The van der Waals surface area contributed by atoms with E-state index in [0.717, 1.165) is 51.9 Å². The standard InChI is InChI=1S/C42H49N9O6/c1-24(2)34(48-41(54)57-6)39(52)50-21-7-9-32(50)37-44-29-18-15-27(23-31(29)46-37)12-11-26-13-16-28(17-14-26)35-30(19-20-43)45-38(47-35)33-10-8-22-51(33)40(53)36(25(3)4)49(5)42(55)56/h13-18,23-25,32-34,36H,7-10,19,21-22H2,1-6H3,(H,44,46)(H,45,47)(H,48,54)(H,55,56)/t32?,33-,34-,36-/m0/s1. The molecule has 2 aliphatic heterocycles. The molecule has 2 aromatic carbocycles. The number of fused-ring (bicyclic) bond motifs is 1. The zero-order chi connectivity index (χ0) is 41.0. The zero-order valence-electron chi connectivity index (χ0n) is 33.1. The van der Waals surface area contributed by atoms with Crippen molar-refractivity contribution in [2.45, 2.75) is 84.0 Å². The molecular weight excluding hydrogens is 727 g/mol. The molecule has 2 aromatic heterocycles. The number of methoxy groups -OCH3 is 1. The summed E-state index contributed by atoms with van der Waals surface area (Å²) in [6.07, 6.45) is 1.28. The number of nitrogens with one attached hydrogen (secondary N) is 3. The molecule has 0 bridgehead atoms. The van der Waals surface area contributed by atoms with Gasteiger partial charge in [-0.1, -0.05) is 51.7 Å². The topological polar surface area (TPSA) is 201 Å². The predicted octanol–water partition coefficient (Wildman–Crippen LogP) is 5.76. The van der Waals surface area contributed by atoms with Gasteiger partial charge in [-0.2, -0.15) is 5.26 Å². The Labute approximate surface area is 331 Å². The van der Waals surface area contributed by atoms with Gasteiger partial charge in [-0.15, -0.1) is 0 Å². The number of carbonyl (C=O) groups excluding carboxylic acids is 3. The minimum absolute atomic E-state index is 0.0961. The molecule has 6 rings (SSSR count). The lowest BCUT2D eigenvalue weighted by atomic mass is 10.0. The molecule has 298 valence electrons. The van der Waals surface area contributed by atoms with Gasteiger partial charge in [0.25, 0.3) is 0 Å². The molecule has 2 aliphatic rings. The fourth-order valence-corrected chi connectivity index (χ4v) is 7.85. The number of imidazole rings is 2.